The molecule has 0 saturated carbocycles. The zero-order valence-corrected chi connectivity index (χ0v) is 14.7. The molecule has 5 nitrogen and oxygen atoms in total. The van der Waals surface area contributed by atoms with Crippen LogP contribution in [0.25, 0.3) is 10.2 Å². The van der Waals surface area contributed by atoms with Gasteiger partial charge in [-0.15, -0.1) is 11.3 Å². The summed E-state index contributed by atoms with van der Waals surface area (Å²) >= 11 is 1.61. The van der Waals surface area contributed by atoms with Crippen LogP contribution in [0.4, 0.5) is 11.5 Å². The molecule has 0 bridgehead atoms. The van der Waals surface area contributed by atoms with Crippen molar-refractivity contribution in [3.05, 3.63) is 46.6 Å². The topological polar surface area (TPSA) is 64.1 Å². The molecule has 0 spiro atoms. The lowest BCUT2D eigenvalue weighted by Crippen LogP contribution is -2.11. The van der Waals surface area contributed by atoms with Gasteiger partial charge in [0.15, 0.2) is 0 Å². The zero-order chi connectivity index (χ0) is 17.1. The van der Waals surface area contributed by atoms with Gasteiger partial charge in [-0.25, -0.2) is 9.97 Å². The number of hydrogen-bond donors (Lipinski definition) is 1. The Morgan fingerprint density at radius 3 is 2.67 bits per heavy atom. The fraction of sp³-hybridized carbons (Fsp3) is 0.278. The van der Waals surface area contributed by atoms with Crippen molar-refractivity contribution in [2.45, 2.75) is 27.2 Å². The summed E-state index contributed by atoms with van der Waals surface area (Å²) in [5.41, 5.74) is 2.11. The summed E-state index contributed by atoms with van der Waals surface area (Å²) in [5.74, 6) is 0.889. The van der Waals surface area contributed by atoms with E-state index in [0.717, 1.165) is 27.3 Å². The second kappa shape index (κ2) is 6.97. The van der Waals surface area contributed by atoms with Crippen LogP contribution in [0.3, 0.4) is 0 Å². The molecule has 2 aromatic heterocycles. The van der Waals surface area contributed by atoms with Gasteiger partial charge in [-0.3, -0.25) is 4.79 Å². The van der Waals surface area contributed by atoms with Crippen LogP contribution in [0.5, 0.6) is 0 Å². The summed E-state index contributed by atoms with van der Waals surface area (Å²) in [6.45, 7) is 6.28. The Bertz CT molecular complexity index is 875. The molecule has 1 N–H and O–H groups in total. The van der Waals surface area contributed by atoms with Crippen molar-refractivity contribution in [1.82, 2.24) is 9.97 Å². The van der Waals surface area contributed by atoms with E-state index >= 15 is 0 Å². The Labute approximate surface area is 144 Å². The van der Waals surface area contributed by atoms with Gasteiger partial charge in [-0.2, -0.15) is 0 Å². The van der Waals surface area contributed by atoms with Crippen LogP contribution < -0.4 is 5.32 Å². The molecule has 0 saturated heterocycles. The van der Waals surface area contributed by atoms with Crippen LogP contribution in [-0.4, -0.2) is 22.5 Å². The smallest absolute Gasteiger partial charge is 0.313 e. The van der Waals surface area contributed by atoms with Crippen LogP contribution >= 0.6 is 11.3 Å². The monoisotopic (exact) mass is 341 g/mol. The highest BCUT2D eigenvalue weighted by Gasteiger charge is 2.16. The third-order valence-electron chi connectivity index (χ3n) is 3.72. The highest BCUT2D eigenvalue weighted by Crippen LogP contribution is 2.34. The summed E-state index contributed by atoms with van der Waals surface area (Å²) in [7, 11) is 0. The maximum Gasteiger partial charge on any atom is 0.313 e. The summed E-state index contributed by atoms with van der Waals surface area (Å²) in [6.07, 6.45) is 0.0727. The van der Waals surface area contributed by atoms with Gasteiger partial charge in [0.2, 0.25) is 0 Å². The van der Waals surface area contributed by atoms with Gasteiger partial charge in [0, 0.05) is 10.6 Å². The summed E-state index contributed by atoms with van der Waals surface area (Å²) in [4.78, 5) is 23.0. The van der Waals surface area contributed by atoms with Crippen molar-refractivity contribution in [2.75, 3.05) is 11.9 Å². The van der Waals surface area contributed by atoms with Gasteiger partial charge in [0.1, 0.15) is 22.9 Å². The Kier molecular flexibility index (Phi) is 4.76. The lowest BCUT2D eigenvalue weighted by molar-refractivity contribution is -0.142. The molecule has 6 heteroatoms. The number of nitrogens with one attached hydrogen (secondary N) is 1. The highest BCUT2D eigenvalue weighted by molar-refractivity contribution is 7.18. The van der Waals surface area contributed by atoms with E-state index in [-0.39, 0.29) is 12.4 Å². The molecule has 0 atom stereocenters. The van der Waals surface area contributed by atoms with Gasteiger partial charge in [0.05, 0.1) is 12.0 Å². The van der Waals surface area contributed by atoms with Crippen LogP contribution in [0.2, 0.25) is 0 Å². The fourth-order valence-electron chi connectivity index (χ4n) is 2.46. The van der Waals surface area contributed by atoms with Crippen molar-refractivity contribution < 1.29 is 9.53 Å². The van der Waals surface area contributed by atoms with Crippen molar-refractivity contribution in [2.24, 2.45) is 0 Å². The van der Waals surface area contributed by atoms with Crippen molar-refractivity contribution >= 4 is 39.0 Å². The molecule has 3 rings (SSSR count). The minimum atomic E-state index is -0.312. The quantitative estimate of drug-likeness (QED) is 0.706. The Morgan fingerprint density at radius 2 is 1.96 bits per heavy atom. The van der Waals surface area contributed by atoms with Gasteiger partial charge >= 0.3 is 5.97 Å². The average Bonchev–Trinajstić information content (AvgIpc) is 2.83. The molecule has 1 aromatic carbocycles. The van der Waals surface area contributed by atoms with E-state index in [4.69, 9.17) is 4.74 Å². The number of hydrogen-bond acceptors (Lipinski definition) is 6. The van der Waals surface area contributed by atoms with E-state index in [0.29, 0.717) is 12.4 Å². The molecular formula is C18H19N3O2S. The lowest BCUT2D eigenvalue weighted by atomic mass is 10.2. The molecule has 0 radical (unpaired) electrons. The minimum Gasteiger partial charge on any atom is -0.466 e. The SMILES string of the molecule is CCOC(=O)Cc1nc(Nc2ccccc2)c2c(C)c(C)sc2n1. The lowest BCUT2D eigenvalue weighted by Gasteiger charge is -2.09. The van der Waals surface area contributed by atoms with E-state index in [2.05, 4.69) is 29.1 Å². The van der Waals surface area contributed by atoms with Gasteiger partial charge in [-0.1, -0.05) is 18.2 Å². The van der Waals surface area contributed by atoms with E-state index in [1.54, 1.807) is 18.3 Å². The Morgan fingerprint density at radius 1 is 1.21 bits per heavy atom. The van der Waals surface area contributed by atoms with Crippen molar-refractivity contribution in [1.29, 1.82) is 0 Å². The molecule has 0 aliphatic carbocycles. The maximum atomic E-state index is 11.8. The largest absolute Gasteiger partial charge is 0.466 e. The van der Waals surface area contributed by atoms with Gasteiger partial charge < -0.3 is 10.1 Å². The number of aryl methyl sites for hydroxylation is 2. The minimum absolute atomic E-state index is 0.0727. The number of esters is 1. The molecule has 2 heterocycles. The fourth-order valence-corrected chi connectivity index (χ4v) is 3.51. The second-order valence-corrected chi connectivity index (χ2v) is 6.63. The third kappa shape index (κ3) is 3.38. The molecular weight excluding hydrogens is 322 g/mol. The first-order chi connectivity index (χ1) is 11.6. The number of ether oxygens (including phenoxy) is 1. The number of rotatable bonds is 5. The van der Waals surface area contributed by atoms with E-state index in [1.807, 2.05) is 30.3 Å². The number of thiophene rings is 1. The van der Waals surface area contributed by atoms with Crippen LogP contribution in [0.1, 0.15) is 23.2 Å². The number of nitrogens with zero attached hydrogens (tertiary/aromatic N) is 2. The van der Waals surface area contributed by atoms with E-state index in [9.17, 15) is 4.79 Å². The second-order valence-electron chi connectivity index (χ2n) is 5.42. The first kappa shape index (κ1) is 16.4. The van der Waals surface area contributed by atoms with Crippen molar-refractivity contribution in [3.8, 4) is 0 Å². The number of aromatic nitrogens is 2. The number of carbonyl (C=O) groups is 1. The van der Waals surface area contributed by atoms with Gasteiger partial charge in [0.25, 0.3) is 0 Å². The third-order valence-corrected chi connectivity index (χ3v) is 4.82. The van der Waals surface area contributed by atoms with Crippen LogP contribution in [0, 0.1) is 13.8 Å². The number of benzene rings is 1. The van der Waals surface area contributed by atoms with Crippen molar-refractivity contribution in [3.63, 3.8) is 0 Å². The summed E-state index contributed by atoms with van der Waals surface area (Å²) in [5, 5.41) is 4.36. The molecule has 0 amide bonds. The molecule has 3 aromatic rings. The first-order valence-electron chi connectivity index (χ1n) is 7.82. The predicted octanol–water partition coefficient (Wildman–Crippen LogP) is 4.16. The number of carbonyl (C=O) groups excluding carboxylic acids is 1. The molecule has 24 heavy (non-hydrogen) atoms. The van der Waals surface area contributed by atoms with Crippen LogP contribution in [0.15, 0.2) is 30.3 Å². The standard InChI is InChI=1S/C18H19N3O2S/c1-4-23-15(22)10-14-20-17(19-13-8-6-5-7-9-13)16-11(2)12(3)24-18(16)21-14/h5-9H,4,10H2,1-3H3,(H,19,20,21). The molecule has 0 unspecified atom stereocenters. The number of para-hydroxylation sites is 1. The summed E-state index contributed by atoms with van der Waals surface area (Å²) < 4.78 is 5.01. The first-order valence-corrected chi connectivity index (χ1v) is 8.64. The molecule has 0 aliphatic heterocycles. The van der Waals surface area contributed by atoms with E-state index < -0.39 is 0 Å². The zero-order valence-electron chi connectivity index (χ0n) is 13.9. The van der Waals surface area contributed by atoms with Crippen LogP contribution in [-0.2, 0) is 16.0 Å². The summed E-state index contributed by atoms with van der Waals surface area (Å²) in [6, 6.07) is 9.85. The maximum absolute atomic E-state index is 11.8. The molecule has 0 aliphatic rings. The van der Waals surface area contributed by atoms with Gasteiger partial charge in [-0.05, 0) is 38.5 Å². The number of anilines is 2. The normalized spacial score (nSPS) is 10.8. The molecule has 124 valence electrons. The predicted molar refractivity (Wildman–Crippen MR) is 97.0 cm³/mol. The molecule has 0 fully saturated rings. The Balaban J connectivity index is 2.05. The highest BCUT2D eigenvalue weighted by atomic mass is 32.1. The van der Waals surface area contributed by atoms with E-state index in [1.165, 1.54) is 4.88 Å². The Hall–Kier alpha value is -2.47. The number of fused-ring (bicyclic) bond motifs is 1. The average molecular weight is 341 g/mol.